The van der Waals surface area contributed by atoms with Crippen molar-refractivity contribution in [3.8, 4) is 23.3 Å². The fraction of sp³-hybridized carbons (Fsp3) is 0.227. The third-order valence-corrected chi connectivity index (χ3v) is 3.89. The van der Waals surface area contributed by atoms with Gasteiger partial charge >= 0.3 is 0 Å². The van der Waals surface area contributed by atoms with Crippen LogP contribution in [0, 0.1) is 11.3 Å². The lowest BCUT2D eigenvalue weighted by atomic mass is 10.2. The Kier molecular flexibility index (Phi) is 8.27. The van der Waals surface area contributed by atoms with E-state index in [4.69, 9.17) is 19.5 Å². The Hall–Kier alpha value is -3.99. The second-order valence-corrected chi connectivity index (χ2v) is 6.28. The Morgan fingerprint density at radius 3 is 2.47 bits per heavy atom. The number of hydrogen-bond donors (Lipinski definition) is 1. The first-order valence-electron chi connectivity index (χ1n) is 9.03. The second-order valence-electron chi connectivity index (χ2n) is 6.28. The van der Waals surface area contributed by atoms with Crippen LogP contribution in [0.15, 0.2) is 48.5 Å². The summed E-state index contributed by atoms with van der Waals surface area (Å²) >= 11 is 0. The van der Waals surface area contributed by atoms with Crippen LogP contribution in [0.3, 0.4) is 0 Å². The van der Waals surface area contributed by atoms with Gasteiger partial charge in [0.1, 0.15) is 11.8 Å². The largest absolute Gasteiger partial charge is 0.493 e. The molecule has 0 aliphatic rings. The number of hydrogen-bond acceptors (Lipinski definition) is 6. The highest BCUT2D eigenvalue weighted by atomic mass is 16.5. The van der Waals surface area contributed by atoms with Crippen LogP contribution in [0.4, 0.5) is 5.69 Å². The molecular formula is C22H23N3O5. The molecule has 0 unspecified atom stereocenters. The van der Waals surface area contributed by atoms with Gasteiger partial charge in [-0.15, -0.1) is 0 Å². The molecule has 0 aliphatic heterocycles. The highest BCUT2D eigenvalue weighted by molar-refractivity contribution is 6.02. The number of rotatable bonds is 9. The van der Waals surface area contributed by atoms with E-state index in [9.17, 15) is 9.59 Å². The summed E-state index contributed by atoms with van der Waals surface area (Å²) in [5.41, 5.74) is 1.33. The van der Waals surface area contributed by atoms with Crippen LogP contribution in [-0.4, -0.2) is 51.1 Å². The van der Waals surface area contributed by atoms with Crippen molar-refractivity contribution in [2.24, 2.45) is 0 Å². The van der Waals surface area contributed by atoms with Gasteiger partial charge in [0.25, 0.3) is 5.91 Å². The third kappa shape index (κ3) is 6.87. The van der Waals surface area contributed by atoms with Crippen molar-refractivity contribution in [1.29, 1.82) is 5.26 Å². The molecule has 0 bridgehead atoms. The second kappa shape index (κ2) is 11.1. The van der Waals surface area contributed by atoms with Gasteiger partial charge in [0.2, 0.25) is 5.91 Å². The lowest BCUT2D eigenvalue weighted by Gasteiger charge is -2.11. The number of nitrogens with one attached hydrogen (secondary N) is 1. The van der Waals surface area contributed by atoms with Gasteiger partial charge in [0, 0.05) is 25.9 Å². The molecule has 0 heterocycles. The molecule has 2 aromatic carbocycles. The maximum Gasteiger partial charge on any atom is 0.259 e. The van der Waals surface area contributed by atoms with Crippen LogP contribution in [-0.2, 0) is 9.59 Å². The quantitative estimate of drug-likeness (QED) is 0.639. The smallest absolute Gasteiger partial charge is 0.259 e. The molecule has 8 nitrogen and oxygen atoms in total. The number of benzene rings is 2. The molecule has 0 radical (unpaired) electrons. The predicted molar refractivity (Wildman–Crippen MR) is 112 cm³/mol. The van der Waals surface area contributed by atoms with Crippen molar-refractivity contribution in [2.75, 3.05) is 39.7 Å². The van der Waals surface area contributed by atoms with E-state index in [-0.39, 0.29) is 25.0 Å². The zero-order chi connectivity index (χ0) is 21.9. The van der Waals surface area contributed by atoms with E-state index < -0.39 is 0 Å². The standard InChI is InChI=1S/C22H23N3O5/c1-25(2)22(27)15-30-18-8-6-17(7-9-18)24-21(26)11-5-16-4-10-19(29-13-12-23)20(14-16)28-3/h4-11,14H,13,15H2,1-3H3,(H,24,26)/b11-5+. The Labute approximate surface area is 175 Å². The first-order chi connectivity index (χ1) is 14.4. The van der Waals surface area contributed by atoms with Gasteiger partial charge in [0.05, 0.1) is 7.11 Å². The number of nitriles is 1. The van der Waals surface area contributed by atoms with Crippen LogP contribution in [0.5, 0.6) is 17.2 Å². The SMILES string of the molecule is COc1cc(/C=C/C(=O)Nc2ccc(OCC(=O)N(C)C)cc2)ccc1OCC#N. The first kappa shape index (κ1) is 22.3. The lowest BCUT2D eigenvalue weighted by Crippen LogP contribution is -2.27. The topological polar surface area (TPSA) is 101 Å². The van der Waals surface area contributed by atoms with E-state index in [2.05, 4.69) is 5.32 Å². The first-order valence-corrected chi connectivity index (χ1v) is 9.03. The maximum atomic E-state index is 12.2. The normalized spacial score (nSPS) is 10.2. The monoisotopic (exact) mass is 409 g/mol. The van der Waals surface area contributed by atoms with Gasteiger partial charge in [-0.05, 0) is 48.0 Å². The van der Waals surface area contributed by atoms with Crippen molar-refractivity contribution >= 4 is 23.6 Å². The van der Waals surface area contributed by atoms with Crippen molar-refractivity contribution in [1.82, 2.24) is 4.90 Å². The van der Waals surface area contributed by atoms with Crippen LogP contribution in [0.1, 0.15) is 5.56 Å². The molecule has 156 valence electrons. The molecule has 0 saturated carbocycles. The van der Waals surface area contributed by atoms with E-state index in [0.717, 1.165) is 5.56 Å². The van der Waals surface area contributed by atoms with Crippen molar-refractivity contribution < 1.29 is 23.8 Å². The minimum Gasteiger partial charge on any atom is -0.493 e. The molecule has 30 heavy (non-hydrogen) atoms. The Bertz CT molecular complexity index is 946. The van der Waals surface area contributed by atoms with E-state index in [0.29, 0.717) is 22.9 Å². The van der Waals surface area contributed by atoms with Gasteiger partial charge in [-0.1, -0.05) is 6.07 Å². The van der Waals surface area contributed by atoms with E-state index in [1.165, 1.54) is 18.1 Å². The summed E-state index contributed by atoms with van der Waals surface area (Å²) in [4.78, 5) is 25.1. The summed E-state index contributed by atoms with van der Waals surface area (Å²) in [7, 11) is 4.81. The Morgan fingerprint density at radius 2 is 1.83 bits per heavy atom. The van der Waals surface area contributed by atoms with Crippen molar-refractivity contribution in [2.45, 2.75) is 0 Å². The van der Waals surface area contributed by atoms with Crippen LogP contribution in [0.25, 0.3) is 6.08 Å². The molecule has 0 saturated heterocycles. The van der Waals surface area contributed by atoms with Crippen LogP contribution < -0.4 is 19.5 Å². The number of anilines is 1. The number of carbonyl (C=O) groups is 2. The molecule has 0 atom stereocenters. The van der Waals surface area contributed by atoms with Gasteiger partial charge in [-0.3, -0.25) is 9.59 Å². The van der Waals surface area contributed by atoms with E-state index in [1.54, 1.807) is 62.6 Å². The third-order valence-electron chi connectivity index (χ3n) is 3.89. The van der Waals surface area contributed by atoms with Crippen LogP contribution in [0.2, 0.25) is 0 Å². The van der Waals surface area contributed by atoms with Gasteiger partial charge in [0.15, 0.2) is 24.7 Å². The lowest BCUT2D eigenvalue weighted by molar-refractivity contribution is -0.130. The number of nitrogens with zero attached hydrogens (tertiary/aromatic N) is 2. The molecule has 2 aromatic rings. The summed E-state index contributed by atoms with van der Waals surface area (Å²) in [5, 5.41) is 11.3. The molecule has 8 heteroatoms. The summed E-state index contributed by atoms with van der Waals surface area (Å²) in [6.07, 6.45) is 3.03. The molecule has 2 amide bonds. The Morgan fingerprint density at radius 1 is 1.10 bits per heavy atom. The number of amides is 2. The minimum absolute atomic E-state index is 0.0503. The highest BCUT2D eigenvalue weighted by Crippen LogP contribution is 2.28. The fourth-order valence-corrected chi connectivity index (χ4v) is 2.28. The highest BCUT2D eigenvalue weighted by Gasteiger charge is 2.06. The average molecular weight is 409 g/mol. The Balaban J connectivity index is 1.93. The van der Waals surface area contributed by atoms with Gasteiger partial charge < -0.3 is 24.4 Å². The average Bonchev–Trinajstić information content (AvgIpc) is 2.75. The maximum absolute atomic E-state index is 12.2. The zero-order valence-electron chi connectivity index (χ0n) is 17.0. The predicted octanol–water partition coefficient (Wildman–Crippen LogP) is 2.72. The summed E-state index contributed by atoms with van der Waals surface area (Å²) < 4.78 is 15.9. The zero-order valence-corrected chi connectivity index (χ0v) is 17.0. The number of carbonyl (C=O) groups excluding carboxylic acids is 2. The molecule has 1 N–H and O–H groups in total. The summed E-state index contributed by atoms with van der Waals surface area (Å²) in [6.45, 7) is -0.130. The van der Waals surface area contributed by atoms with Gasteiger partial charge in [-0.25, -0.2) is 0 Å². The minimum atomic E-state index is -0.310. The van der Waals surface area contributed by atoms with E-state index >= 15 is 0 Å². The molecule has 0 aliphatic carbocycles. The molecule has 0 spiro atoms. The van der Waals surface area contributed by atoms with E-state index in [1.807, 2.05) is 6.07 Å². The molecule has 0 aromatic heterocycles. The summed E-state index contributed by atoms with van der Waals surface area (Å²) in [5.74, 6) is 1.00. The summed E-state index contributed by atoms with van der Waals surface area (Å²) in [6, 6.07) is 13.7. The van der Waals surface area contributed by atoms with Crippen molar-refractivity contribution in [3.63, 3.8) is 0 Å². The fourth-order valence-electron chi connectivity index (χ4n) is 2.28. The van der Waals surface area contributed by atoms with Crippen LogP contribution >= 0.6 is 0 Å². The number of likely N-dealkylation sites (N-methyl/N-ethyl adjacent to an activating group) is 1. The molecule has 0 fully saturated rings. The molecule has 2 rings (SSSR count). The van der Waals surface area contributed by atoms with Crippen molar-refractivity contribution in [3.05, 3.63) is 54.1 Å². The molecular weight excluding hydrogens is 386 g/mol. The number of methoxy groups -OCH3 is 1. The van der Waals surface area contributed by atoms with Gasteiger partial charge in [-0.2, -0.15) is 5.26 Å². The number of ether oxygens (including phenoxy) is 3.